The lowest BCUT2D eigenvalue weighted by atomic mass is 10.1. The van der Waals surface area contributed by atoms with Crippen molar-refractivity contribution in [1.82, 2.24) is 4.90 Å². The van der Waals surface area contributed by atoms with Crippen LogP contribution in [0.25, 0.3) is 0 Å². The molecule has 0 spiro atoms. The highest BCUT2D eigenvalue weighted by atomic mass is 35.5. The number of anilines is 2. The van der Waals surface area contributed by atoms with Crippen LogP contribution in [0, 0.1) is 6.92 Å². The maximum atomic E-state index is 13.1. The number of hydrogen-bond donors (Lipinski definition) is 0. The van der Waals surface area contributed by atoms with Crippen LogP contribution >= 0.6 is 23.2 Å². The van der Waals surface area contributed by atoms with E-state index in [0.717, 1.165) is 16.8 Å². The molecule has 0 unspecified atom stereocenters. The Balaban J connectivity index is 1.44. The number of aryl methyl sites for hydroxylation is 1. The van der Waals surface area contributed by atoms with E-state index in [1.807, 2.05) is 23.1 Å². The van der Waals surface area contributed by atoms with Crippen molar-refractivity contribution in [3.63, 3.8) is 0 Å². The molecule has 3 aromatic carbocycles. The number of nitrogens with zero attached hydrogens (tertiary/aromatic N) is 3. The SMILES string of the molecule is Cc1ccc(Cl)cc1N1CCN(C(=O)c2ccc(N(Cc3ccc(Cl)cc3)S(C)(=O)=O)cc2)CC1. The lowest BCUT2D eigenvalue weighted by molar-refractivity contribution is 0.0747. The van der Waals surface area contributed by atoms with Crippen LogP contribution in [0.15, 0.2) is 66.7 Å². The molecule has 0 aromatic heterocycles. The molecule has 6 nitrogen and oxygen atoms in total. The predicted molar refractivity (Wildman–Crippen MR) is 143 cm³/mol. The first kappa shape index (κ1) is 25.4. The van der Waals surface area contributed by atoms with E-state index in [4.69, 9.17) is 23.2 Å². The van der Waals surface area contributed by atoms with Gasteiger partial charge in [0.1, 0.15) is 0 Å². The van der Waals surface area contributed by atoms with Gasteiger partial charge in [-0.25, -0.2) is 8.42 Å². The molecule has 9 heteroatoms. The predicted octanol–water partition coefficient (Wildman–Crippen LogP) is 5.23. The summed E-state index contributed by atoms with van der Waals surface area (Å²) in [7, 11) is -3.53. The molecule has 0 bridgehead atoms. The number of halogens is 2. The molecule has 1 aliphatic heterocycles. The molecule has 1 saturated heterocycles. The molecule has 0 saturated carbocycles. The van der Waals surface area contributed by atoms with Gasteiger partial charge in [-0.3, -0.25) is 9.10 Å². The van der Waals surface area contributed by atoms with Gasteiger partial charge in [-0.2, -0.15) is 0 Å². The van der Waals surface area contributed by atoms with Crippen LogP contribution in [0.2, 0.25) is 10.0 Å². The number of benzene rings is 3. The van der Waals surface area contributed by atoms with Gasteiger partial charge in [-0.15, -0.1) is 0 Å². The average Bonchev–Trinajstić information content (AvgIpc) is 2.84. The van der Waals surface area contributed by atoms with Gasteiger partial charge in [0, 0.05) is 47.5 Å². The van der Waals surface area contributed by atoms with Gasteiger partial charge in [-0.05, 0) is 66.6 Å². The second-order valence-corrected chi connectivity index (χ2v) is 11.4. The van der Waals surface area contributed by atoms with E-state index in [9.17, 15) is 13.2 Å². The molecule has 1 heterocycles. The maximum Gasteiger partial charge on any atom is 0.253 e. The van der Waals surface area contributed by atoms with Crippen molar-refractivity contribution in [3.8, 4) is 0 Å². The van der Waals surface area contributed by atoms with E-state index in [1.165, 1.54) is 10.6 Å². The number of piperazine rings is 1. The van der Waals surface area contributed by atoms with E-state index >= 15 is 0 Å². The van der Waals surface area contributed by atoms with Crippen molar-refractivity contribution in [1.29, 1.82) is 0 Å². The van der Waals surface area contributed by atoms with E-state index in [1.54, 1.807) is 48.5 Å². The Morgan fingerprint density at radius 3 is 2.09 bits per heavy atom. The van der Waals surface area contributed by atoms with Crippen LogP contribution < -0.4 is 9.21 Å². The summed E-state index contributed by atoms with van der Waals surface area (Å²) in [6.07, 6.45) is 1.17. The molecule has 1 amide bonds. The second-order valence-electron chi connectivity index (χ2n) is 8.65. The lowest BCUT2D eigenvalue weighted by Crippen LogP contribution is -2.49. The molecule has 0 atom stereocenters. The summed E-state index contributed by atoms with van der Waals surface area (Å²) in [6, 6.07) is 19.6. The average molecular weight is 532 g/mol. The summed E-state index contributed by atoms with van der Waals surface area (Å²) in [5.74, 6) is -0.0670. The minimum absolute atomic E-state index is 0.0670. The fourth-order valence-electron chi connectivity index (χ4n) is 4.18. The zero-order valence-corrected chi connectivity index (χ0v) is 21.9. The molecule has 184 valence electrons. The fraction of sp³-hybridized carbons (Fsp3) is 0.269. The third-order valence-corrected chi connectivity index (χ3v) is 7.75. The van der Waals surface area contributed by atoms with Crippen LogP contribution in [0.5, 0.6) is 0 Å². The molecule has 4 rings (SSSR count). The quantitative estimate of drug-likeness (QED) is 0.436. The second kappa shape index (κ2) is 10.5. The number of sulfonamides is 1. The van der Waals surface area contributed by atoms with Crippen molar-refractivity contribution in [2.75, 3.05) is 41.6 Å². The van der Waals surface area contributed by atoms with Crippen LogP contribution in [0.4, 0.5) is 11.4 Å². The molecule has 1 aliphatic rings. The summed E-state index contributed by atoms with van der Waals surface area (Å²) in [5.41, 5.74) is 4.09. The Hall–Kier alpha value is -2.74. The molecular formula is C26H27Cl2N3O3S. The molecule has 3 aromatic rings. The monoisotopic (exact) mass is 531 g/mol. The molecule has 0 aliphatic carbocycles. The Kier molecular flexibility index (Phi) is 7.59. The van der Waals surface area contributed by atoms with E-state index in [0.29, 0.717) is 47.5 Å². The van der Waals surface area contributed by atoms with Crippen molar-refractivity contribution in [3.05, 3.63) is 93.5 Å². The molecule has 0 radical (unpaired) electrons. The first-order valence-electron chi connectivity index (χ1n) is 11.2. The van der Waals surface area contributed by atoms with Crippen LogP contribution in [0.3, 0.4) is 0 Å². The van der Waals surface area contributed by atoms with Crippen molar-refractivity contribution < 1.29 is 13.2 Å². The number of carbonyl (C=O) groups is 1. The molecule has 1 fully saturated rings. The zero-order valence-electron chi connectivity index (χ0n) is 19.6. The van der Waals surface area contributed by atoms with Gasteiger partial charge in [-0.1, -0.05) is 41.4 Å². The number of rotatable bonds is 6. The van der Waals surface area contributed by atoms with E-state index < -0.39 is 10.0 Å². The highest BCUT2D eigenvalue weighted by molar-refractivity contribution is 7.92. The molecule has 35 heavy (non-hydrogen) atoms. The Morgan fingerprint density at radius 2 is 1.49 bits per heavy atom. The van der Waals surface area contributed by atoms with Gasteiger partial charge in [0.05, 0.1) is 18.5 Å². The standard InChI is InChI=1S/C26H27Cl2N3O3S/c1-19-3-8-23(28)17-25(19)29-13-15-30(16-14-29)26(32)21-6-11-24(12-7-21)31(35(2,33)34)18-20-4-9-22(27)10-5-20/h3-12,17H,13-16,18H2,1-2H3. The van der Waals surface area contributed by atoms with Gasteiger partial charge in [0.2, 0.25) is 10.0 Å². The number of hydrogen-bond acceptors (Lipinski definition) is 4. The minimum atomic E-state index is -3.53. The van der Waals surface area contributed by atoms with Gasteiger partial charge in [0.15, 0.2) is 0 Å². The topological polar surface area (TPSA) is 60.9 Å². The first-order chi connectivity index (χ1) is 16.6. The van der Waals surface area contributed by atoms with Gasteiger partial charge < -0.3 is 9.80 Å². The summed E-state index contributed by atoms with van der Waals surface area (Å²) >= 11 is 12.1. The normalized spacial score (nSPS) is 14.2. The van der Waals surface area contributed by atoms with Crippen LogP contribution in [0.1, 0.15) is 21.5 Å². The van der Waals surface area contributed by atoms with E-state index in [-0.39, 0.29) is 12.5 Å². The highest BCUT2D eigenvalue weighted by Crippen LogP contribution is 2.26. The van der Waals surface area contributed by atoms with Crippen LogP contribution in [-0.4, -0.2) is 51.7 Å². The Labute approximate surface area is 216 Å². The smallest absolute Gasteiger partial charge is 0.253 e. The summed E-state index contributed by atoms with van der Waals surface area (Å²) in [6.45, 7) is 4.85. The zero-order chi connectivity index (χ0) is 25.2. The fourth-order valence-corrected chi connectivity index (χ4v) is 5.36. The largest absolute Gasteiger partial charge is 0.368 e. The summed E-state index contributed by atoms with van der Waals surface area (Å²) in [5, 5.41) is 1.29. The van der Waals surface area contributed by atoms with Gasteiger partial charge >= 0.3 is 0 Å². The minimum Gasteiger partial charge on any atom is -0.368 e. The van der Waals surface area contributed by atoms with Crippen molar-refractivity contribution >= 4 is 50.5 Å². The molecular weight excluding hydrogens is 505 g/mol. The van der Waals surface area contributed by atoms with E-state index in [2.05, 4.69) is 11.8 Å². The lowest BCUT2D eigenvalue weighted by Gasteiger charge is -2.37. The van der Waals surface area contributed by atoms with Gasteiger partial charge in [0.25, 0.3) is 5.91 Å². The number of carbonyl (C=O) groups excluding carboxylic acids is 1. The first-order valence-corrected chi connectivity index (χ1v) is 13.8. The highest BCUT2D eigenvalue weighted by Gasteiger charge is 2.24. The van der Waals surface area contributed by atoms with Crippen molar-refractivity contribution in [2.24, 2.45) is 0 Å². The number of amides is 1. The third kappa shape index (κ3) is 6.10. The Morgan fingerprint density at radius 1 is 0.886 bits per heavy atom. The Bertz CT molecular complexity index is 1300. The van der Waals surface area contributed by atoms with Crippen LogP contribution in [-0.2, 0) is 16.6 Å². The summed E-state index contributed by atoms with van der Waals surface area (Å²) < 4.78 is 26.3. The van der Waals surface area contributed by atoms with Crippen molar-refractivity contribution in [2.45, 2.75) is 13.5 Å². The third-order valence-electron chi connectivity index (χ3n) is 6.12. The maximum absolute atomic E-state index is 13.1. The summed E-state index contributed by atoms with van der Waals surface area (Å²) in [4.78, 5) is 17.2. The molecule has 0 N–H and O–H groups in total.